The van der Waals surface area contributed by atoms with Gasteiger partial charge in [0, 0.05) is 37.3 Å². The average molecular weight is 318 g/mol. The molecule has 0 fully saturated rings. The van der Waals surface area contributed by atoms with Gasteiger partial charge in [0.25, 0.3) is 0 Å². The average Bonchev–Trinajstić information content (AvgIpc) is 2.45. The van der Waals surface area contributed by atoms with E-state index >= 15 is 0 Å². The Morgan fingerprint density at radius 1 is 1.40 bits per heavy atom. The van der Waals surface area contributed by atoms with E-state index in [2.05, 4.69) is 0 Å². The maximum absolute atomic E-state index is 12.0. The Bertz CT molecular complexity index is 417. The highest BCUT2D eigenvalue weighted by Crippen LogP contribution is 2.26. The molecule has 112 valence electrons. The van der Waals surface area contributed by atoms with Crippen LogP contribution in [0, 0.1) is 0 Å². The normalized spacial score (nSPS) is 10.6. The summed E-state index contributed by atoms with van der Waals surface area (Å²) in [7, 11) is 1.59. The summed E-state index contributed by atoms with van der Waals surface area (Å²) in [6, 6.07) is 7.58. The predicted octanol–water partition coefficient (Wildman–Crippen LogP) is 2.29. The maximum atomic E-state index is 12.0. The Balaban J connectivity index is 2.38. The van der Waals surface area contributed by atoms with E-state index in [-0.39, 0.29) is 12.5 Å². The van der Waals surface area contributed by atoms with Crippen molar-refractivity contribution in [1.29, 1.82) is 0 Å². The van der Waals surface area contributed by atoms with Crippen LogP contribution in [0.1, 0.15) is 6.42 Å². The van der Waals surface area contributed by atoms with Gasteiger partial charge in [-0.2, -0.15) is 0 Å². The lowest BCUT2D eigenvalue weighted by atomic mass is 10.3. The summed E-state index contributed by atoms with van der Waals surface area (Å²) in [4.78, 5) is 14.6. The van der Waals surface area contributed by atoms with Gasteiger partial charge >= 0.3 is 0 Å². The molecule has 1 rings (SSSR count). The van der Waals surface area contributed by atoms with E-state index in [0.29, 0.717) is 36.9 Å². The molecule has 0 radical (unpaired) electrons. The highest BCUT2D eigenvalue weighted by atomic mass is 35.5. The third kappa shape index (κ3) is 6.13. The summed E-state index contributed by atoms with van der Waals surface area (Å²) in [5.41, 5.74) is 0. The van der Waals surface area contributed by atoms with Crippen molar-refractivity contribution in [2.45, 2.75) is 11.3 Å². The van der Waals surface area contributed by atoms with E-state index in [1.165, 1.54) is 0 Å². The molecule has 0 aromatic heterocycles. The third-order valence-electron chi connectivity index (χ3n) is 2.70. The highest BCUT2D eigenvalue weighted by Gasteiger charge is 2.12. The van der Waals surface area contributed by atoms with Gasteiger partial charge in [-0.15, -0.1) is 11.8 Å². The van der Waals surface area contributed by atoms with Crippen LogP contribution in [0.25, 0.3) is 0 Å². The molecule has 0 saturated carbocycles. The SMILES string of the molecule is COCCN(CCO)C(=O)CCSc1ccccc1Cl. The lowest BCUT2D eigenvalue weighted by Crippen LogP contribution is -2.36. The van der Waals surface area contributed by atoms with E-state index in [1.807, 2.05) is 24.3 Å². The molecule has 1 aromatic carbocycles. The first-order valence-corrected chi connectivity index (χ1v) is 7.80. The van der Waals surface area contributed by atoms with Gasteiger partial charge in [-0.05, 0) is 12.1 Å². The smallest absolute Gasteiger partial charge is 0.223 e. The number of aliphatic hydroxyl groups is 1. The summed E-state index contributed by atoms with van der Waals surface area (Å²) in [5, 5.41) is 9.67. The number of thioether (sulfide) groups is 1. The molecule has 0 heterocycles. The maximum Gasteiger partial charge on any atom is 0.223 e. The van der Waals surface area contributed by atoms with E-state index in [1.54, 1.807) is 23.8 Å². The second-order valence-corrected chi connectivity index (χ2v) is 5.67. The zero-order chi connectivity index (χ0) is 14.8. The first kappa shape index (κ1) is 17.3. The van der Waals surface area contributed by atoms with Crippen molar-refractivity contribution >= 4 is 29.3 Å². The van der Waals surface area contributed by atoms with Crippen LogP contribution in [0.4, 0.5) is 0 Å². The van der Waals surface area contributed by atoms with Crippen molar-refractivity contribution in [1.82, 2.24) is 4.90 Å². The Labute approximate surface area is 129 Å². The summed E-state index contributed by atoms with van der Waals surface area (Å²) in [5.74, 6) is 0.688. The number of rotatable bonds is 9. The van der Waals surface area contributed by atoms with Crippen LogP contribution < -0.4 is 0 Å². The van der Waals surface area contributed by atoms with Crippen LogP contribution in [-0.2, 0) is 9.53 Å². The summed E-state index contributed by atoms with van der Waals surface area (Å²) < 4.78 is 4.96. The Hall–Kier alpha value is -0.750. The standard InChI is InChI=1S/C14H20ClNO3S/c1-19-10-8-16(7-9-17)14(18)6-11-20-13-5-3-2-4-12(13)15/h2-5,17H,6-11H2,1H3. The third-order valence-corrected chi connectivity index (χ3v) is 4.21. The van der Waals surface area contributed by atoms with Gasteiger partial charge in [0.05, 0.1) is 18.2 Å². The van der Waals surface area contributed by atoms with Crippen molar-refractivity contribution in [2.24, 2.45) is 0 Å². The van der Waals surface area contributed by atoms with Crippen molar-refractivity contribution < 1.29 is 14.6 Å². The molecule has 0 unspecified atom stereocenters. The molecule has 1 N–H and O–H groups in total. The van der Waals surface area contributed by atoms with E-state index in [9.17, 15) is 4.79 Å². The van der Waals surface area contributed by atoms with E-state index in [0.717, 1.165) is 4.90 Å². The molecule has 1 amide bonds. The van der Waals surface area contributed by atoms with Gasteiger partial charge < -0.3 is 14.7 Å². The Morgan fingerprint density at radius 3 is 2.80 bits per heavy atom. The van der Waals surface area contributed by atoms with Crippen molar-refractivity contribution in [3.63, 3.8) is 0 Å². The fourth-order valence-corrected chi connectivity index (χ4v) is 2.83. The van der Waals surface area contributed by atoms with Crippen LogP contribution in [0.2, 0.25) is 5.02 Å². The molecule has 20 heavy (non-hydrogen) atoms. The lowest BCUT2D eigenvalue weighted by Gasteiger charge is -2.21. The number of ether oxygens (including phenoxy) is 1. The lowest BCUT2D eigenvalue weighted by molar-refractivity contribution is -0.131. The molecule has 0 aliphatic rings. The molecule has 0 aliphatic heterocycles. The number of carbonyl (C=O) groups excluding carboxylic acids is 1. The fourth-order valence-electron chi connectivity index (χ4n) is 1.65. The minimum absolute atomic E-state index is 0.0238. The van der Waals surface area contributed by atoms with Crippen LogP contribution in [0.15, 0.2) is 29.2 Å². The first-order chi connectivity index (χ1) is 9.69. The summed E-state index contributed by atoms with van der Waals surface area (Å²) >= 11 is 7.62. The first-order valence-electron chi connectivity index (χ1n) is 6.44. The molecular weight excluding hydrogens is 298 g/mol. The number of hydrogen-bond donors (Lipinski definition) is 1. The Kier molecular flexibility index (Phi) is 8.69. The quantitative estimate of drug-likeness (QED) is 0.710. The van der Waals surface area contributed by atoms with Gasteiger partial charge in [0.2, 0.25) is 5.91 Å². The predicted molar refractivity (Wildman–Crippen MR) is 82.3 cm³/mol. The van der Waals surface area contributed by atoms with Crippen molar-refractivity contribution in [2.75, 3.05) is 39.2 Å². The van der Waals surface area contributed by atoms with Crippen molar-refractivity contribution in [3.8, 4) is 0 Å². The minimum Gasteiger partial charge on any atom is -0.395 e. The minimum atomic E-state index is -0.0346. The molecular formula is C14H20ClNO3S. The van der Waals surface area contributed by atoms with Gasteiger partial charge in [-0.3, -0.25) is 4.79 Å². The molecule has 1 aromatic rings. The summed E-state index contributed by atoms with van der Waals surface area (Å²) in [6.07, 6.45) is 0.416. The number of amides is 1. The largest absolute Gasteiger partial charge is 0.395 e. The molecule has 0 saturated heterocycles. The number of methoxy groups -OCH3 is 1. The van der Waals surface area contributed by atoms with Gasteiger partial charge in [-0.1, -0.05) is 23.7 Å². The van der Waals surface area contributed by atoms with Crippen molar-refractivity contribution in [3.05, 3.63) is 29.3 Å². The van der Waals surface area contributed by atoms with Gasteiger partial charge in [0.1, 0.15) is 0 Å². The molecule has 4 nitrogen and oxygen atoms in total. The zero-order valence-corrected chi connectivity index (χ0v) is 13.1. The van der Waals surface area contributed by atoms with Crippen LogP contribution in [0.3, 0.4) is 0 Å². The van der Waals surface area contributed by atoms with Crippen LogP contribution in [-0.4, -0.2) is 55.1 Å². The number of nitrogens with zero attached hydrogens (tertiary/aromatic N) is 1. The molecule has 0 bridgehead atoms. The Morgan fingerprint density at radius 2 is 2.15 bits per heavy atom. The molecule has 0 spiro atoms. The van der Waals surface area contributed by atoms with E-state index in [4.69, 9.17) is 21.4 Å². The highest BCUT2D eigenvalue weighted by molar-refractivity contribution is 7.99. The van der Waals surface area contributed by atoms with Gasteiger partial charge in [-0.25, -0.2) is 0 Å². The van der Waals surface area contributed by atoms with E-state index < -0.39 is 0 Å². The molecule has 0 aliphatic carbocycles. The molecule has 6 heteroatoms. The fraction of sp³-hybridized carbons (Fsp3) is 0.500. The second-order valence-electron chi connectivity index (χ2n) is 4.13. The second kappa shape index (κ2) is 10.0. The number of carbonyl (C=O) groups is 1. The number of hydrogen-bond acceptors (Lipinski definition) is 4. The number of aliphatic hydroxyl groups excluding tert-OH is 1. The van der Waals surface area contributed by atoms with Gasteiger partial charge in [0.15, 0.2) is 0 Å². The van der Waals surface area contributed by atoms with Crippen LogP contribution in [0.5, 0.6) is 0 Å². The topological polar surface area (TPSA) is 49.8 Å². The van der Waals surface area contributed by atoms with Crippen LogP contribution >= 0.6 is 23.4 Å². The monoisotopic (exact) mass is 317 g/mol. The molecule has 0 atom stereocenters. The summed E-state index contributed by atoms with van der Waals surface area (Å²) in [6.45, 7) is 1.29. The zero-order valence-electron chi connectivity index (χ0n) is 11.5. The number of benzene rings is 1. The number of halogens is 1.